The maximum absolute atomic E-state index is 14.1. The topological polar surface area (TPSA) is 133 Å². The molecule has 12 heteroatoms. The summed E-state index contributed by atoms with van der Waals surface area (Å²) in [5.41, 5.74) is 1.02. The Kier molecular flexibility index (Phi) is 5.54. The lowest BCUT2D eigenvalue weighted by atomic mass is 9.59. The Labute approximate surface area is 231 Å². The van der Waals surface area contributed by atoms with Crippen LogP contribution in [0.4, 0.5) is 10.1 Å². The van der Waals surface area contributed by atoms with E-state index in [2.05, 4.69) is 9.71 Å². The first-order valence-corrected chi connectivity index (χ1v) is 16.8. The van der Waals surface area contributed by atoms with E-state index < -0.39 is 25.8 Å². The van der Waals surface area contributed by atoms with Crippen LogP contribution in [-0.2, 0) is 37.0 Å². The highest BCUT2D eigenvalue weighted by molar-refractivity contribution is 7.90. The van der Waals surface area contributed by atoms with Crippen LogP contribution >= 0.6 is 0 Å². The number of hydrogen-bond donors (Lipinski definition) is 2. The molecule has 40 heavy (non-hydrogen) atoms. The molecule has 2 N–H and O–H groups in total. The van der Waals surface area contributed by atoms with E-state index >= 15 is 0 Å². The molecule has 4 aliphatic carbocycles. The third-order valence-electron chi connectivity index (χ3n) is 9.22. The SMILES string of the molecule is CS(=O)(=O)Cc1ccc2c(c1)S(=O)(=O)N=C(C1=C(O)[C@H]3C4CCC(C5CC54)[C@H]3N(Cc3ccc(F)cc3)C1=O)N2. The normalized spacial score (nSPS) is 31.6. The third-order valence-corrected chi connectivity index (χ3v) is 11.4. The molecule has 1 amide bonds. The van der Waals surface area contributed by atoms with Gasteiger partial charge >= 0.3 is 0 Å². The number of amides is 1. The molecule has 6 atom stereocenters. The molecule has 2 bridgehead atoms. The minimum Gasteiger partial charge on any atom is -0.511 e. The zero-order chi connectivity index (χ0) is 28.1. The number of nitrogens with one attached hydrogen (secondary N) is 1. The Balaban J connectivity index is 1.31. The monoisotopic (exact) mass is 585 g/mol. The number of halogens is 1. The summed E-state index contributed by atoms with van der Waals surface area (Å²) in [5.74, 6) is -0.494. The van der Waals surface area contributed by atoms with Gasteiger partial charge in [0, 0.05) is 24.8 Å². The number of hydrogen-bond acceptors (Lipinski definition) is 7. The van der Waals surface area contributed by atoms with Crippen molar-refractivity contribution in [2.75, 3.05) is 11.6 Å². The number of anilines is 1. The van der Waals surface area contributed by atoms with Gasteiger partial charge in [-0.3, -0.25) is 4.79 Å². The number of carbonyl (C=O) groups is 1. The Bertz CT molecular complexity index is 1740. The van der Waals surface area contributed by atoms with Crippen molar-refractivity contribution in [3.05, 3.63) is 70.7 Å². The van der Waals surface area contributed by atoms with E-state index in [1.54, 1.807) is 17.0 Å². The van der Waals surface area contributed by atoms with E-state index in [-0.39, 0.29) is 69.7 Å². The predicted octanol–water partition coefficient (Wildman–Crippen LogP) is 3.40. The second kappa shape index (κ2) is 8.62. The molecule has 2 aromatic carbocycles. The largest absolute Gasteiger partial charge is 0.511 e. The zero-order valence-electron chi connectivity index (χ0n) is 21.6. The fraction of sp³-hybridized carbons (Fsp3) is 0.429. The fourth-order valence-electron chi connectivity index (χ4n) is 7.66. The number of amidine groups is 1. The summed E-state index contributed by atoms with van der Waals surface area (Å²) in [6.45, 7) is 0.198. The molecule has 0 aromatic heterocycles. The Morgan fingerprint density at radius 1 is 1.05 bits per heavy atom. The van der Waals surface area contributed by atoms with Crippen molar-refractivity contribution in [3.63, 3.8) is 0 Å². The lowest BCUT2D eigenvalue weighted by Crippen LogP contribution is -2.60. The number of carbonyl (C=O) groups excluding carboxylic acids is 1. The van der Waals surface area contributed by atoms with Crippen LogP contribution in [0.5, 0.6) is 0 Å². The minimum absolute atomic E-state index is 0.121. The Morgan fingerprint density at radius 3 is 2.45 bits per heavy atom. The summed E-state index contributed by atoms with van der Waals surface area (Å²) in [6, 6.07) is 9.93. The first kappa shape index (κ1) is 25.7. The molecule has 0 radical (unpaired) electrons. The van der Waals surface area contributed by atoms with Gasteiger partial charge in [-0.2, -0.15) is 8.42 Å². The second-order valence-corrected chi connectivity index (χ2v) is 15.5. The van der Waals surface area contributed by atoms with Gasteiger partial charge in [-0.25, -0.2) is 12.8 Å². The van der Waals surface area contributed by atoms with E-state index in [9.17, 15) is 31.1 Å². The molecular formula is C28H28FN3O6S2. The Morgan fingerprint density at radius 2 is 1.73 bits per heavy atom. The lowest BCUT2D eigenvalue weighted by Gasteiger charge is -2.54. The van der Waals surface area contributed by atoms with Crippen molar-refractivity contribution in [1.82, 2.24) is 4.90 Å². The van der Waals surface area contributed by atoms with Gasteiger partial charge < -0.3 is 15.3 Å². The maximum atomic E-state index is 14.1. The molecule has 8 rings (SSSR count). The molecule has 0 spiro atoms. The molecular weight excluding hydrogens is 557 g/mol. The van der Waals surface area contributed by atoms with Crippen LogP contribution in [0.2, 0.25) is 0 Å². The van der Waals surface area contributed by atoms with E-state index in [0.717, 1.165) is 31.1 Å². The van der Waals surface area contributed by atoms with Crippen LogP contribution in [0.15, 0.2) is 63.1 Å². The summed E-state index contributed by atoms with van der Waals surface area (Å²) in [6.07, 6.45) is 4.04. The standard InChI is InChI=1S/C28H28FN3O6S2/c1-39(35,36)13-15-4-9-21-22(10-15)40(37,38)31-27(30-21)24-26(33)23-17-7-8-18(20-11-19(17)20)25(23)32(28(24)34)12-14-2-5-16(29)6-3-14/h2-6,9-10,17-20,23,25,33H,7-8,11-13H2,1H3,(H,30,31)/t17?,18?,19?,20?,23-,25+/m0/s1. The minimum atomic E-state index is -4.32. The highest BCUT2D eigenvalue weighted by Gasteiger charge is 2.65. The number of sulfonamides is 1. The van der Waals surface area contributed by atoms with E-state index in [4.69, 9.17) is 0 Å². The van der Waals surface area contributed by atoms with Crippen molar-refractivity contribution >= 4 is 37.3 Å². The average molecular weight is 586 g/mol. The highest BCUT2D eigenvalue weighted by Crippen LogP contribution is 2.67. The molecule has 210 valence electrons. The first-order chi connectivity index (χ1) is 18.9. The van der Waals surface area contributed by atoms with Gasteiger partial charge in [0.1, 0.15) is 22.0 Å². The van der Waals surface area contributed by atoms with Gasteiger partial charge in [-0.05, 0) is 78.3 Å². The summed E-state index contributed by atoms with van der Waals surface area (Å²) < 4.78 is 67.6. The maximum Gasteiger partial charge on any atom is 0.286 e. The lowest BCUT2D eigenvalue weighted by molar-refractivity contribution is -0.140. The smallest absolute Gasteiger partial charge is 0.286 e. The summed E-state index contributed by atoms with van der Waals surface area (Å²) in [4.78, 5) is 15.7. The third kappa shape index (κ3) is 4.06. The highest BCUT2D eigenvalue weighted by atomic mass is 32.2. The van der Waals surface area contributed by atoms with E-state index in [0.29, 0.717) is 17.4 Å². The molecule has 9 nitrogen and oxygen atoms in total. The predicted molar refractivity (Wildman–Crippen MR) is 145 cm³/mol. The summed E-state index contributed by atoms with van der Waals surface area (Å²) >= 11 is 0. The van der Waals surface area contributed by atoms with Crippen LogP contribution in [-0.4, -0.2) is 50.9 Å². The number of rotatable bonds is 5. The molecule has 4 unspecified atom stereocenters. The molecule has 4 saturated carbocycles. The first-order valence-electron chi connectivity index (χ1n) is 13.3. The van der Waals surface area contributed by atoms with Crippen molar-refractivity contribution < 1.29 is 31.1 Å². The van der Waals surface area contributed by atoms with E-state index in [1.807, 2.05) is 0 Å². The Hall–Kier alpha value is -3.25. The van der Waals surface area contributed by atoms with Gasteiger partial charge in [0.25, 0.3) is 15.9 Å². The van der Waals surface area contributed by atoms with Crippen LogP contribution in [0.25, 0.3) is 0 Å². The number of sulfone groups is 1. The van der Waals surface area contributed by atoms with Crippen molar-refractivity contribution in [3.8, 4) is 0 Å². The number of benzene rings is 2. The average Bonchev–Trinajstić information content (AvgIpc) is 3.70. The quantitative estimate of drug-likeness (QED) is 0.550. The summed E-state index contributed by atoms with van der Waals surface area (Å²) in [5, 5.41) is 14.6. The van der Waals surface area contributed by atoms with Gasteiger partial charge in [0.15, 0.2) is 15.7 Å². The fourth-order valence-corrected chi connectivity index (χ4v) is 9.62. The van der Waals surface area contributed by atoms with E-state index in [1.165, 1.54) is 30.3 Å². The van der Waals surface area contributed by atoms with Crippen LogP contribution in [0, 0.1) is 35.4 Å². The molecule has 2 aromatic rings. The van der Waals surface area contributed by atoms with Crippen molar-refractivity contribution in [2.24, 2.45) is 34.0 Å². The van der Waals surface area contributed by atoms with Gasteiger partial charge in [-0.15, -0.1) is 4.40 Å². The number of aliphatic hydroxyl groups excluding tert-OH is 1. The van der Waals surface area contributed by atoms with Crippen LogP contribution in [0.3, 0.4) is 0 Å². The molecule has 2 aliphatic heterocycles. The molecule has 6 aliphatic rings. The molecule has 0 saturated heterocycles. The van der Waals surface area contributed by atoms with Crippen LogP contribution in [0.1, 0.15) is 30.4 Å². The van der Waals surface area contributed by atoms with Gasteiger partial charge in [0.05, 0.1) is 11.4 Å². The molecule has 4 fully saturated rings. The van der Waals surface area contributed by atoms with Gasteiger partial charge in [-0.1, -0.05) is 18.2 Å². The zero-order valence-corrected chi connectivity index (χ0v) is 23.3. The van der Waals surface area contributed by atoms with Crippen molar-refractivity contribution in [2.45, 2.75) is 42.5 Å². The second-order valence-electron chi connectivity index (χ2n) is 11.7. The van der Waals surface area contributed by atoms with Gasteiger partial charge in [0.2, 0.25) is 0 Å². The van der Waals surface area contributed by atoms with Crippen LogP contribution < -0.4 is 5.32 Å². The number of aliphatic hydroxyl groups is 1. The summed E-state index contributed by atoms with van der Waals surface area (Å²) in [7, 11) is -7.71. The number of fused-ring (bicyclic) bond motifs is 2. The molecule has 2 heterocycles. The van der Waals surface area contributed by atoms with Crippen molar-refractivity contribution in [1.29, 1.82) is 0 Å². The number of nitrogens with zero attached hydrogens (tertiary/aromatic N) is 2.